The van der Waals surface area contributed by atoms with E-state index < -0.39 is 11.5 Å². The first-order valence-electron chi connectivity index (χ1n) is 7.31. The van der Waals surface area contributed by atoms with Crippen molar-refractivity contribution in [1.29, 1.82) is 0 Å². The summed E-state index contributed by atoms with van der Waals surface area (Å²) < 4.78 is 6.04. The molecule has 1 aromatic heterocycles. The molecule has 0 fully saturated rings. The molecule has 0 spiro atoms. The predicted octanol–water partition coefficient (Wildman–Crippen LogP) is 3.33. The maximum absolute atomic E-state index is 12.0. The van der Waals surface area contributed by atoms with Crippen LogP contribution in [0, 0.1) is 6.92 Å². The van der Waals surface area contributed by atoms with Crippen molar-refractivity contribution in [2.24, 2.45) is 5.10 Å². The van der Waals surface area contributed by atoms with Crippen LogP contribution in [0.1, 0.15) is 21.5 Å². The van der Waals surface area contributed by atoms with Gasteiger partial charge in [0.2, 0.25) is 0 Å². The molecule has 0 saturated heterocycles. The molecule has 25 heavy (non-hydrogen) atoms. The number of carbonyl (C=O) groups excluding carboxylic acids is 1. The van der Waals surface area contributed by atoms with Crippen LogP contribution < -0.4 is 11.1 Å². The third-order valence-corrected chi connectivity index (χ3v) is 4.13. The molecule has 3 aromatic rings. The fourth-order valence-electron chi connectivity index (χ4n) is 2.34. The van der Waals surface area contributed by atoms with Crippen LogP contribution >= 0.6 is 15.9 Å². The van der Waals surface area contributed by atoms with Crippen molar-refractivity contribution in [1.82, 2.24) is 5.43 Å². The highest BCUT2D eigenvalue weighted by Gasteiger charge is 2.11. The summed E-state index contributed by atoms with van der Waals surface area (Å²) in [5, 5.41) is 14.6. The van der Waals surface area contributed by atoms with Crippen LogP contribution in [0.2, 0.25) is 0 Å². The zero-order valence-electron chi connectivity index (χ0n) is 13.1. The van der Waals surface area contributed by atoms with Crippen LogP contribution in [-0.2, 0) is 0 Å². The van der Waals surface area contributed by atoms with Gasteiger partial charge in [-0.05, 0) is 48.9 Å². The summed E-state index contributed by atoms with van der Waals surface area (Å²) in [5.41, 5.74) is 3.44. The summed E-state index contributed by atoms with van der Waals surface area (Å²) in [4.78, 5) is 23.6. The van der Waals surface area contributed by atoms with Gasteiger partial charge in [-0.15, -0.1) is 0 Å². The average molecular weight is 401 g/mol. The second kappa shape index (κ2) is 6.90. The molecule has 7 heteroatoms. The minimum absolute atomic E-state index is 0.108. The van der Waals surface area contributed by atoms with Crippen molar-refractivity contribution in [2.75, 3.05) is 0 Å². The normalized spacial score (nSPS) is 11.1. The van der Waals surface area contributed by atoms with Gasteiger partial charge in [0.25, 0.3) is 5.91 Å². The molecule has 1 amide bonds. The van der Waals surface area contributed by atoms with Gasteiger partial charge in [-0.1, -0.05) is 15.9 Å². The Hall–Kier alpha value is -2.93. The Labute approximate surface area is 150 Å². The number of hydrogen-bond acceptors (Lipinski definition) is 5. The molecular formula is C18H13BrN2O4. The lowest BCUT2D eigenvalue weighted by molar-refractivity contribution is 0.0955. The quantitative estimate of drug-likeness (QED) is 0.400. The van der Waals surface area contributed by atoms with Crippen molar-refractivity contribution in [3.8, 4) is 5.75 Å². The van der Waals surface area contributed by atoms with Crippen LogP contribution in [0.3, 0.4) is 0 Å². The largest absolute Gasteiger partial charge is 0.507 e. The molecule has 1 heterocycles. The Morgan fingerprint density at radius 1 is 1.24 bits per heavy atom. The van der Waals surface area contributed by atoms with Gasteiger partial charge in [-0.2, -0.15) is 5.10 Å². The van der Waals surface area contributed by atoms with Crippen LogP contribution in [0.4, 0.5) is 0 Å². The van der Waals surface area contributed by atoms with Crippen molar-refractivity contribution >= 4 is 39.0 Å². The molecule has 0 aliphatic carbocycles. The number of phenolic OH excluding ortho intramolecular Hbond substituents is 1. The van der Waals surface area contributed by atoms with Gasteiger partial charge in [0.15, 0.2) is 5.58 Å². The summed E-state index contributed by atoms with van der Waals surface area (Å²) in [5.74, 6) is -0.510. The number of halogens is 1. The number of phenols is 1. The Kier molecular flexibility index (Phi) is 4.67. The summed E-state index contributed by atoms with van der Waals surface area (Å²) in [6.07, 6.45) is 1.25. The van der Waals surface area contributed by atoms with E-state index >= 15 is 0 Å². The molecule has 0 bridgehead atoms. The van der Waals surface area contributed by atoms with E-state index in [1.54, 1.807) is 37.3 Å². The van der Waals surface area contributed by atoms with Crippen LogP contribution in [-0.4, -0.2) is 17.2 Å². The zero-order valence-corrected chi connectivity index (χ0v) is 14.7. The molecule has 0 saturated carbocycles. The first-order chi connectivity index (χ1) is 12.0. The second-order valence-electron chi connectivity index (χ2n) is 5.33. The van der Waals surface area contributed by atoms with E-state index in [-0.39, 0.29) is 16.9 Å². The Balaban J connectivity index is 1.91. The highest BCUT2D eigenvalue weighted by molar-refractivity contribution is 9.10. The first kappa shape index (κ1) is 16.9. The van der Waals surface area contributed by atoms with E-state index in [9.17, 15) is 14.7 Å². The standard InChI is InChI=1S/C18H13BrN2O4/c1-10-8-16(23)25-17-13(10)6-7-15(22)14(17)9-20-21-18(24)11-2-4-12(19)5-3-11/h2-9,22H,1H3,(H,21,24)/b20-9+. The lowest BCUT2D eigenvalue weighted by Gasteiger charge is -2.05. The third kappa shape index (κ3) is 3.61. The monoisotopic (exact) mass is 400 g/mol. The van der Waals surface area contributed by atoms with Gasteiger partial charge >= 0.3 is 5.63 Å². The molecule has 0 aliphatic rings. The average Bonchev–Trinajstić information content (AvgIpc) is 2.57. The van der Waals surface area contributed by atoms with Gasteiger partial charge in [0.1, 0.15) is 5.75 Å². The fraction of sp³-hybridized carbons (Fsp3) is 0.0556. The highest BCUT2D eigenvalue weighted by atomic mass is 79.9. The number of aryl methyl sites for hydroxylation is 1. The Morgan fingerprint density at radius 2 is 1.96 bits per heavy atom. The number of amides is 1. The minimum Gasteiger partial charge on any atom is -0.507 e. The van der Waals surface area contributed by atoms with Crippen LogP contribution in [0.25, 0.3) is 11.0 Å². The van der Waals surface area contributed by atoms with E-state index in [2.05, 4.69) is 26.5 Å². The number of nitrogens with one attached hydrogen (secondary N) is 1. The maximum Gasteiger partial charge on any atom is 0.336 e. The number of rotatable bonds is 3. The van der Waals surface area contributed by atoms with Crippen LogP contribution in [0.5, 0.6) is 5.75 Å². The van der Waals surface area contributed by atoms with Crippen molar-refractivity contribution < 1.29 is 14.3 Å². The predicted molar refractivity (Wildman–Crippen MR) is 98.1 cm³/mol. The molecule has 0 atom stereocenters. The number of nitrogens with zero attached hydrogens (tertiary/aromatic N) is 1. The lowest BCUT2D eigenvalue weighted by Crippen LogP contribution is -2.17. The van der Waals surface area contributed by atoms with E-state index in [0.717, 1.165) is 10.0 Å². The molecule has 6 nitrogen and oxygen atoms in total. The number of carbonyl (C=O) groups is 1. The van der Waals surface area contributed by atoms with Gasteiger partial charge < -0.3 is 9.52 Å². The topological polar surface area (TPSA) is 91.9 Å². The summed E-state index contributed by atoms with van der Waals surface area (Å²) in [6, 6.07) is 11.3. The van der Waals surface area contributed by atoms with Crippen molar-refractivity contribution in [3.05, 3.63) is 74.0 Å². The van der Waals surface area contributed by atoms with Crippen molar-refractivity contribution in [3.63, 3.8) is 0 Å². The molecule has 0 radical (unpaired) electrons. The van der Waals surface area contributed by atoms with Crippen molar-refractivity contribution in [2.45, 2.75) is 6.92 Å². The smallest absolute Gasteiger partial charge is 0.336 e. The van der Waals surface area contributed by atoms with E-state index in [1.165, 1.54) is 18.3 Å². The molecule has 2 aromatic carbocycles. The number of benzene rings is 2. The van der Waals surface area contributed by atoms with E-state index in [4.69, 9.17) is 4.42 Å². The lowest BCUT2D eigenvalue weighted by atomic mass is 10.1. The SMILES string of the molecule is Cc1cc(=O)oc2c(/C=N/NC(=O)c3ccc(Br)cc3)c(O)ccc12. The zero-order chi connectivity index (χ0) is 18.0. The summed E-state index contributed by atoms with van der Waals surface area (Å²) in [6.45, 7) is 1.77. The van der Waals surface area contributed by atoms with Gasteiger partial charge in [-0.25, -0.2) is 10.2 Å². The molecular weight excluding hydrogens is 388 g/mol. The van der Waals surface area contributed by atoms with Gasteiger partial charge in [0, 0.05) is 21.5 Å². The molecule has 2 N–H and O–H groups in total. The van der Waals surface area contributed by atoms with E-state index in [1.807, 2.05) is 0 Å². The number of aromatic hydroxyl groups is 1. The molecule has 0 unspecified atom stereocenters. The maximum atomic E-state index is 12.0. The Bertz CT molecular complexity index is 1040. The molecule has 126 valence electrons. The Morgan fingerprint density at radius 3 is 2.68 bits per heavy atom. The summed E-state index contributed by atoms with van der Waals surface area (Å²) >= 11 is 3.30. The van der Waals surface area contributed by atoms with Gasteiger partial charge in [-0.3, -0.25) is 4.79 Å². The third-order valence-electron chi connectivity index (χ3n) is 3.60. The van der Waals surface area contributed by atoms with Crippen LogP contribution in [0.15, 0.2) is 61.3 Å². The number of hydrazone groups is 1. The fourth-order valence-corrected chi connectivity index (χ4v) is 2.60. The molecule has 0 aliphatic heterocycles. The highest BCUT2D eigenvalue weighted by Crippen LogP contribution is 2.26. The molecule has 3 rings (SSSR count). The number of hydrogen-bond donors (Lipinski definition) is 2. The minimum atomic E-state index is -0.524. The van der Waals surface area contributed by atoms with Gasteiger partial charge in [0.05, 0.1) is 11.8 Å². The second-order valence-corrected chi connectivity index (χ2v) is 6.25. The van der Waals surface area contributed by atoms with E-state index in [0.29, 0.717) is 10.9 Å². The summed E-state index contributed by atoms with van der Waals surface area (Å²) in [7, 11) is 0. The first-order valence-corrected chi connectivity index (χ1v) is 8.10. The number of fused-ring (bicyclic) bond motifs is 1.